The van der Waals surface area contributed by atoms with Crippen LogP contribution in [-0.2, 0) is 0 Å². The lowest BCUT2D eigenvalue weighted by molar-refractivity contribution is 0.0592. The number of aryl methyl sites for hydroxylation is 1. The van der Waals surface area contributed by atoms with Crippen molar-refractivity contribution in [1.29, 1.82) is 0 Å². The molecule has 4 rings (SSSR count). The summed E-state index contributed by atoms with van der Waals surface area (Å²) in [5, 5.41) is 10.6. The van der Waals surface area contributed by atoms with Crippen LogP contribution in [0.5, 0.6) is 17.2 Å². The lowest BCUT2D eigenvalue weighted by atomic mass is 9.89. The Morgan fingerprint density at radius 1 is 0.917 bits per heavy atom. The van der Waals surface area contributed by atoms with E-state index in [-0.39, 0.29) is 31.4 Å². The van der Waals surface area contributed by atoms with Crippen LogP contribution in [-0.4, -0.2) is 42.4 Å². The molecule has 196 valence electrons. The molecule has 3 N–H and O–H groups in total. The fraction of sp³-hybridized carbons (Fsp3) is 0.379. The third-order valence-electron chi connectivity index (χ3n) is 6.93. The zero-order valence-electron chi connectivity index (χ0n) is 21.3. The summed E-state index contributed by atoms with van der Waals surface area (Å²) in [6.07, 6.45) is 1.65. The van der Waals surface area contributed by atoms with Crippen LogP contribution in [0.25, 0.3) is 0 Å². The summed E-state index contributed by atoms with van der Waals surface area (Å²) < 4.78 is 11.9. The van der Waals surface area contributed by atoms with E-state index in [9.17, 15) is 5.11 Å². The Hall–Kier alpha value is -2.44. The highest BCUT2D eigenvalue weighted by Gasteiger charge is 2.22. The van der Waals surface area contributed by atoms with Gasteiger partial charge in [0, 0.05) is 12.2 Å². The highest BCUT2D eigenvalue weighted by Crippen LogP contribution is 2.31. The second kappa shape index (κ2) is 13.8. The Morgan fingerprint density at radius 3 is 2.17 bits per heavy atom. The van der Waals surface area contributed by atoms with Crippen molar-refractivity contribution in [3.05, 3.63) is 82.9 Å². The first-order chi connectivity index (χ1) is 16.4. The summed E-state index contributed by atoms with van der Waals surface area (Å²) in [5.74, 6) is 3.06. The van der Waals surface area contributed by atoms with Crippen molar-refractivity contribution in [2.75, 3.05) is 32.0 Å². The molecule has 0 bridgehead atoms. The van der Waals surface area contributed by atoms with Crippen LogP contribution in [0, 0.1) is 20.8 Å². The molecule has 0 radical (unpaired) electrons. The first kappa shape index (κ1) is 29.8. The smallest absolute Gasteiger partial charge is 0.127 e. The molecular formula is C29H38Cl2N2O3. The second-order valence-electron chi connectivity index (χ2n) is 9.38. The molecule has 1 aliphatic heterocycles. The SMILES string of the molecule is Cc1cc(OCC(O)CN2CCC(c3ccc(Oc4ccccc4)cc3)CC2)c(C)c(C)c1N.Cl.Cl. The van der Waals surface area contributed by atoms with Gasteiger partial charge in [-0.25, -0.2) is 0 Å². The van der Waals surface area contributed by atoms with E-state index in [1.807, 2.05) is 57.2 Å². The third kappa shape index (κ3) is 7.53. The standard InChI is InChI=1S/C29H36N2O3.2ClH/c1-20-17-28(21(2)22(3)29(20)30)33-19-25(32)18-31-15-13-24(14-16-31)23-9-11-27(12-10-23)34-26-7-5-4-6-8-26;;/h4-12,17,24-25,32H,13-16,18-19,30H2,1-3H3;2*1H. The molecule has 1 atom stereocenters. The van der Waals surface area contributed by atoms with E-state index in [1.165, 1.54) is 5.56 Å². The number of hydrogen-bond acceptors (Lipinski definition) is 5. The average molecular weight is 534 g/mol. The Bertz CT molecular complexity index is 1090. The van der Waals surface area contributed by atoms with Gasteiger partial charge in [0.2, 0.25) is 0 Å². The fourth-order valence-corrected chi connectivity index (χ4v) is 4.63. The Kier molecular flexibility index (Phi) is 11.4. The minimum Gasteiger partial charge on any atom is -0.491 e. The number of benzene rings is 3. The number of nitrogens with two attached hydrogens (primary N) is 1. The zero-order chi connectivity index (χ0) is 24.1. The number of hydrogen-bond donors (Lipinski definition) is 2. The molecule has 3 aromatic rings. The van der Waals surface area contributed by atoms with Crippen LogP contribution in [0.4, 0.5) is 5.69 Å². The molecule has 0 aliphatic carbocycles. The molecule has 1 unspecified atom stereocenters. The van der Waals surface area contributed by atoms with E-state index in [4.69, 9.17) is 15.2 Å². The molecule has 5 nitrogen and oxygen atoms in total. The predicted octanol–water partition coefficient (Wildman–Crippen LogP) is 6.45. The lowest BCUT2D eigenvalue weighted by Gasteiger charge is -2.33. The summed E-state index contributed by atoms with van der Waals surface area (Å²) in [7, 11) is 0. The number of aliphatic hydroxyl groups is 1. The van der Waals surface area contributed by atoms with Gasteiger partial charge in [-0.15, -0.1) is 24.8 Å². The number of likely N-dealkylation sites (tertiary alicyclic amines) is 1. The van der Waals surface area contributed by atoms with Crippen molar-refractivity contribution in [3.8, 4) is 17.2 Å². The number of piperidine rings is 1. The Balaban J connectivity index is 0.00000228. The Labute approximate surface area is 227 Å². The van der Waals surface area contributed by atoms with E-state index in [0.29, 0.717) is 12.5 Å². The van der Waals surface area contributed by atoms with Crippen molar-refractivity contribution in [2.45, 2.75) is 45.6 Å². The number of halogens is 2. The average Bonchev–Trinajstić information content (AvgIpc) is 2.86. The van der Waals surface area contributed by atoms with Crippen molar-refractivity contribution in [1.82, 2.24) is 4.90 Å². The number of ether oxygens (including phenoxy) is 2. The summed E-state index contributed by atoms with van der Waals surface area (Å²) in [5.41, 5.74) is 11.4. The maximum Gasteiger partial charge on any atom is 0.127 e. The number of β-amino-alcohol motifs (C(OH)–C–C–N with tert-alkyl or cyclic N) is 1. The van der Waals surface area contributed by atoms with E-state index >= 15 is 0 Å². The Morgan fingerprint density at radius 2 is 1.53 bits per heavy atom. The largest absolute Gasteiger partial charge is 0.491 e. The molecule has 1 fully saturated rings. The van der Waals surface area contributed by atoms with Crippen LogP contribution >= 0.6 is 24.8 Å². The van der Waals surface area contributed by atoms with Gasteiger partial charge in [0.05, 0.1) is 0 Å². The van der Waals surface area contributed by atoms with Gasteiger partial charge >= 0.3 is 0 Å². The van der Waals surface area contributed by atoms with Crippen LogP contribution in [0.1, 0.15) is 41.0 Å². The maximum atomic E-state index is 10.6. The highest BCUT2D eigenvalue weighted by atomic mass is 35.5. The molecule has 0 spiro atoms. The van der Waals surface area contributed by atoms with Crippen LogP contribution in [0.3, 0.4) is 0 Å². The summed E-state index contributed by atoms with van der Waals surface area (Å²) in [6, 6.07) is 20.3. The molecule has 1 heterocycles. The van der Waals surface area contributed by atoms with Gasteiger partial charge in [0.25, 0.3) is 0 Å². The molecule has 0 saturated carbocycles. The number of para-hydroxylation sites is 1. The molecule has 1 saturated heterocycles. The normalized spacial score (nSPS) is 14.9. The zero-order valence-corrected chi connectivity index (χ0v) is 22.9. The third-order valence-corrected chi connectivity index (χ3v) is 6.93. The molecule has 0 amide bonds. The summed E-state index contributed by atoms with van der Waals surface area (Å²) in [6.45, 7) is 8.87. The summed E-state index contributed by atoms with van der Waals surface area (Å²) in [4.78, 5) is 2.34. The molecule has 0 aromatic heterocycles. The van der Waals surface area contributed by atoms with E-state index < -0.39 is 6.10 Å². The van der Waals surface area contributed by atoms with E-state index in [0.717, 1.165) is 65.6 Å². The van der Waals surface area contributed by atoms with Crippen molar-refractivity contribution in [3.63, 3.8) is 0 Å². The molecule has 36 heavy (non-hydrogen) atoms. The van der Waals surface area contributed by atoms with Crippen LogP contribution in [0.15, 0.2) is 60.7 Å². The quantitative estimate of drug-likeness (QED) is 0.326. The topological polar surface area (TPSA) is 68.0 Å². The molecule has 7 heteroatoms. The lowest BCUT2D eigenvalue weighted by Crippen LogP contribution is -2.40. The van der Waals surface area contributed by atoms with Crippen LogP contribution in [0.2, 0.25) is 0 Å². The monoisotopic (exact) mass is 532 g/mol. The van der Waals surface area contributed by atoms with Gasteiger partial charge in [-0.3, -0.25) is 0 Å². The summed E-state index contributed by atoms with van der Waals surface area (Å²) >= 11 is 0. The van der Waals surface area contributed by atoms with Gasteiger partial charge < -0.3 is 25.2 Å². The predicted molar refractivity (Wildman–Crippen MR) is 152 cm³/mol. The maximum absolute atomic E-state index is 10.6. The van der Waals surface area contributed by atoms with Gasteiger partial charge in [0.15, 0.2) is 0 Å². The minimum absolute atomic E-state index is 0. The number of anilines is 1. The van der Waals surface area contributed by atoms with Gasteiger partial charge in [-0.2, -0.15) is 0 Å². The first-order valence-electron chi connectivity index (χ1n) is 12.1. The van der Waals surface area contributed by atoms with Gasteiger partial charge in [-0.1, -0.05) is 30.3 Å². The molecular weight excluding hydrogens is 495 g/mol. The van der Waals surface area contributed by atoms with Crippen molar-refractivity contribution >= 4 is 30.5 Å². The van der Waals surface area contributed by atoms with E-state index in [2.05, 4.69) is 29.2 Å². The number of aliphatic hydroxyl groups excluding tert-OH is 1. The van der Waals surface area contributed by atoms with E-state index in [1.54, 1.807) is 0 Å². The molecule has 3 aromatic carbocycles. The van der Waals surface area contributed by atoms with Gasteiger partial charge in [0.1, 0.15) is 30.0 Å². The fourth-order valence-electron chi connectivity index (χ4n) is 4.63. The second-order valence-corrected chi connectivity index (χ2v) is 9.38. The number of rotatable bonds is 8. The number of nitrogen functional groups attached to an aromatic ring is 1. The minimum atomic E-state index is -0.525. The molecule has 1 aliphatic rings. The van der Waals surface area contributed by atoms with Gasteiger partial charge in [-0.05, 0) is 105 Å². The van der Waals surface area contributed by atoms with Crippen LogP contribution < -0.4 is 15.2 Å². The number of nitrogens with zero attached hydrogens (tertiary/aromatic N) is 1. The highest BCUT2D eigenvalue weighted by molar-refractivity contribution is 5.85. The first-order valence-corrected chi connectivity index (χ1v) is 12.1. The van der Waals surface area contributed by atoms with Crippen molar-refractivity contribution in [2.24, 2.45) is 0 Å². The van der Waals surface area contributed by atoms with Crippen molar-refractivity contribution < 1.29 is 14.6 Å².